The van der Waals surface area contributed by atoms with E-state index in [1.165, 1.54) is 13.2 Å². The molecule has 0 spiro atoms. The maximum atomic E-state index is 13.8. The highest BCUT2D eigenvalue weighted by Crippen LogP contribution is 2.32. The summed E-state index contributed by atoms with van der Waals surface area (Å²) in [6.07, 6.45) is 3.06. The fourth-order valence-corrected chi connectivity index (χ4v) is 4.38. The number of carbonyl (C=O) groups is 2. The number of halogens is 1. The van der Waals surface area contributed by atoms with Gasteiger partial charge in [0, 0.05) is 32.0 Å². The molecule has 1 aliphatic heterocycles. The van der Waals surface area contributed by atoms with Crippen molar-refractivity contribution in [2.45, 2.75) is 44.1 Å². The number of ether oxygens (including phenoxy) is 3. The number of amides is 2. The molecule has 8 heteroatoms. The molecule has 2 aromatic carbocycles. The summed E-state index contributed by atoms with van der Waals surface area (Å²) in [5, 5.41) is 3.07. The van der Waals surface area contributed by atoms with Gasteiger partial charge in [-0.15, -0.1) is 0 Å². The van der Waals surface area contributed by atoms with E-state index in [-0.39, 0.29) is 17.6 Å². The average molecular weight is 473 g/mol. The number of carbonyl (C=O) groups excluding carboxylic acids is 2. The standard InChI is InChI=1S/C26H33FN2O5/c1-29(14-11-18-6-8-21(32-2)23(15-18)34-4)25(31)10-13-26(12-9-24(30)28-26)17-19-5-7-20(27)22(16-19)33-3/h5-8,15-16H,9-14,17H2,1-4H3,(H,28,30). The van der Waals surface area contributed by atoms with Crippen molar-refractivity contribution in [2.24, 2.45) is 0 Å². The zero-order chi connectivity index (χ0) is 24.7. The van der Waals surface area contributed by atoms with E-state index in [4.69, 9.17) is 14.2 Å². The fraction of sp³-hybridized carbons (Fsp3) is 0.462. The summed E-state index contributed by atoms with van der Waals surface area (Å²) in [6.45, 7) is 0.558. The van der Waals surface area contributed by atoms with E-state index >= 15 is 0 Å². The van der Waals surface area contributed by atoms with Gasteiger partial charge in [-0.3, -0.25) is 9.59 Å². The summed E-state index contributed by atoms with van der Waals surface area (Å²) in [5.41, 5.74) is 1.37. The van der Waals surface area contributed by atoms with Gasteiger partial charge in [0.2, 0.25) is 11.8 Å². The Morgan fingerprint density at radius 2 is 1.71 bits per heavy atom. The Bertz CT molecular complexity index is 1030. The van der Waals surface area contributed by atoms with Crippen LogP contribution in [0.25, 0.3) is 0 Å². The lowest BCUT2D eigenvalue weighted by Gasteiger charge is -2.30. The van der Waals surface area contributed by atoms with E-state index in [1.54, 1.807) is 38.3 Å². The number of rotatable bonds is 11. The van der Waals surface area contributed by atoms with Crippen molar-refractivity contribution in [3.05, 3.63) is 53.3 Å². The summed E-state index contributed by atoms with van der Waals surface area (Å²) in [4.78, 5) is 26.6. The Hall–Kier alpha value is -3.29. The summed E-state index contributed by atoms with van der Waals surface area (Å²) in [5.74, 6) is 1.05. The number of benzene rings is 2. The molecule has 1 atom stereocenters. The largest absolute Gasteiger partial charge is 0.494 e. The Kier molecular flexibility index (Phi) is 8.36. The maximum absolute atomic E-state index is 13.8. The molecule has 0 bridgehead atoms. The highest BCUT2D eigenvalue weighted by molar-refractivity contribution is 5.80. The zero-order valence-corrected chi connectivity index (χ0v) is 20.3. The van der Waals surface area contributed by atoms with Crippen LogP contribution in [0.4, 0.5) is 4.39 Å². The van der Waals surface area contributed by atoms with Gasteiger partial charge in [0.1, 0.15) is 0 Å². The first-order chi connectivity index (χ1) is 16.3. The van der Waals surface area contributed by atoms with Gasteiger partial charge in [-0.05, 0) is 61.1 Å². The molecule has 1 saturated heterocycles. The SMILES string of the molecule is COc1cc(CC2(CCC(=O)N(C)CCc3ccc(OC)c(OC)c3)CCC(=O)N2)ccc1F. The number of likely N-dealkylation sites (N-methyl/N-ethyl adjacent to an activating group) is 1. The van der Waals surface area contributed by atoms with Gasteiger partial charge in [-0.2, -0.15) is 0 Å². The van der Waals surface area contributed by atoms with Crippen LogP contribution < -0.4 is 19.5 Å². The molecule has 0 aliphatic carbocycles. The second-order valence-electron chi connectivity index (χ2n) is 8.73. The molecule has 2 amide bonds. The third-order valence-electron chi connectivity index (χ3n) is 6.42. The molecule has 1 fully saturated rings. The Balaban J connectivity index is 1.59. The van der Waals surface area contributed by atoms with Crippen LogP contribution in [0.5, 0.6) is 17.2 Å². The Morgan fingerprint density at radius 1 is 1.03 bits per heavy atom. The van der Waals surface area contributed by atoms with Gasteiger partial charge in [-0.1, -0.05) is 12.1 Å². The summed E-state index contributed by atoms with van der Waals surface area (Å²) >= 11 is 0. The molecule has 7 nitrogen and oxygen atoms in total. The van der Waals surface area contributed by atoms with Gasteiger partial charge in [-0.25, -0.2) is 4.39 Å². The van der Waals surface area contributed by atoms with Crippen LogP contribution in [0, 0.1) is 5.82 Å². The second-order valence-corrected chi connectivity index (χ2v) is 8.73. The minimum atomic E-state index is -0.528. The van der Waals surface area contributed by atoms with Crippen molar-refractivity contribution < 1.29 is 28.2 Å². The molecular weight excluding hydrogens is 439 g/mol. The van der Waals surface area contributed by atoms with E-state index < -0.39 is 11.4 Å². The minimum absolute atomic E-state index is 0.0117. The normalized spacial score (nSPS) is 17.3. The van der Waals surface area contributed by atoms with Crippen molar-refractivity contribution in [1.29, 1.82) is 0 Å². The van der Waals surface area contributed by atoms with Crippen LogP contribution in [0.2, 0.25) is 0 Å². The van der Waals surface area contributed by atoms with E-state index in [0.717, 1.165) is 11.1 Å². The van der Waals surface area contributed by atoms with Crippen LogP contribution in [-0.4, -0.2) is 57.2 Å². The van der Waals surface area contributed by atoms with E-state index in [1.807, 2.05) is 18.2 Å². The first kappa shape index (κ1) is 25.3. The van der Waals surface area contributed by atoms with Crippen LogP contribution in [0.3, 0.4) is 0 Å². The molecular formula is C26H33FN2O5. The lowest BCUT2D eigenvalue weighted by atomic mass is 9.84. The molecule has 34 heavy (non-hydrogen) atoms. The van der Waals surface area contributed by atoms with Gasteiger partial charge in [0.25, 0.3) is 0 Å². The molecule has 184 valence electrons. The number of hydrogen-bond donors (Lipinski definition) is 1. The number of hydrogen-bond acceptors (Lipinski definition) is 5. The van der Waals surface area contributed by atoms with Crippen molar-refractivity contribution in [2.75, 3.05) is 34.9 Å². The van der Waals surface area contributed by atoms with Crippen molar-refractivity contribution in [1.82, 2.24) is 10.2 Å². The van der Waals surface area contributed by atoms with Gasteiger partial charge in [0.05, 0.1) is 21.3 Å². The highest BCUT2D eigenvalue weighted by atomic mass is 19.1. The van der Waals surface area contributed by atoms with Gasteiger partial charge in [0.15, 0.2) is 23.1 Å². The van der Waals surface area contributed by atoms with Gasteiger partial charge >= 0.3 is 0 Å². The zero-order valence-electron chi connectivity index (χ0n) is 20.3. The van der Waals surface area contributed by atoms with Crippen LogP contribution >= 0.6 is 0 Å². The predicted molar refractivity (Wildman–Crippen MR) is 127 cm³/mol. The minimum Gasteiger partial charge on any atom is -0.494 e. The molecule has 2 aromatic rings. The molecule has 0 saturated carbocycles. The molecule has 1 heterocycles. The molecule has 1 aliphatic rings. The topological polar surface area (TPSA) is 77.1 Å². The lowest BCUT2D eigenvalue weighted by molar-refractivity contribution is -0.130. The third-order valence-corrected chi connectivity index (χ3v) is 6.42. The Morgan fingerprint density at radius 3 is 2.35 bits per heavy atom. The fourth-order valence-electron chi connectivity index (χ4n) is 4.38. The van der Waals surface area contributed by atoms with Crippen molar-refractivity contribution >= 4 is 11.8 Å². The number of nitrogens with zero attached hydrogens (tertiary/aromatic N) is 1. The van der Waals surface area contributed by atoms with Crippen LogP contribution in [0.15, 0.2) is 36.4 Å². The molecule has 0 aromatic heterocycles. The first-order valence-corrected chi connectivity index (χ1v) is 11.4. The van der Waals surface area contributed by atoms with Crippen LogP contribution in [0.1, 0.15) is 36.8 Å². The van der Waals surface area contributed by atoms with E-state index in [9.17, 15) is 14.0 Å². The monoisotopic (exact) mass is 472 g/mol. The highest BCUT2D eigenvalue weighted by Gasteiger charge is 2.38. The molecule has 3 rings (SSSR count). The maximum Gasteiger partial charge on any atom is 0.222 e. The number of nitrogens with one attached hydrogen (secondary N) is 1. The summed E-state index contributed by atoms with van der Waals surface area (Å²) in [6, 6.07) is 10.4. The van der Waals surface area contributed by atoms with Gasteiger partial charge < -0.3 is 24.4 Å². The van der Waals surface area contributed by atoms with Crippen LogP contribution in [-0.2, 0) is 22.4 Å². The quantitative estimate of drug-likeness (QED) is 0.542. The van der Waals surface area contributed by atoms with E-state index in [2.05, 4.69) is 5.32 Å². The summed E-state index contributed by atoms with van der Waals surface area (Å²) in [7, 11) is 6.40. The smallest absolute Gasteiger partial charge is 0.222 e. The van der Waals surface area contributed by atoms with E-state index in [0.29, 0.717) is 56.6 Å². The molecule has 0 radical (unpaired) electrons. The predicted octanol–water partition coefficient (Wildman–Crippen LogP) is 3.52. The molecule has 1 N–H and O–H groups in total. The first-order valence-electron chi connectivity index (χ1n) is 11.4. The Labute approximate surface area is 200 Å². The third kappa shape index (κ3) is 6.18. The number of methoxy groups -OCH3 is 3. The lowest BCUT2D eigenvalue weighted by Crippen LogP contribution is -2.44. The summed E-state index contributed by atoms with van der Waals surface area (Å²) < 4.78 is 29.5. The molecule has 1 unspecified atom stereocenters. The second kappa shape index (κ2) is 11.2. The van der Waals surface area contributed by atoms with Crippen molar-refractivity contribution in [3.63, 3.8) is 0 Å². The average Bonchev–Trinajstić information content (AvgIpc) is 3.22. The van der Waals surface area contributed by atoms with Crippen molar-refractivity contribution in [3.8, 4) is 17.2 Å².